The maximum Gasteiger partial charge on any atom is 0.254 e. The zero-order valence-corrected chi connectivity index (χ0v) is 16.3. The van der Waals surface area contributed by atoms with Crippen LogP contribution in [0.15, 0.2) is 78.9 Å². The molecule has 1 heterocycles. The van der Waals surface area contributed by atoms with Gasteiger partial charge in [-0.25, -0.2) is 0 Å². The van der Waals surface area contributed by atoms with E-state index < -0.39 is 0 Å². The van der Waals surface area contributed by atoms with Crippen molar-refractivity contribution in [3.8, 4) is 0 Å². The van der Waals surface area contributed by atoms with Gasteiger partial charge in [0.05, 0.1) is 0 Å². The van der Waals surface area contributed by atoms with Crippen LogP contribution in [-0.2, 0) is 4.79 Å². The lowest BCUT2D eigenvalue weighted by Crippen LogP contribution is -2.46. The second-order valence-corrected chi connectivity index (χ2v) is 7.35. The van der Waals surface area contributed by atoms with E-state index in [0.717, 1.165) is 34.7 Å². The molecule has 4 heteroatoms. The second kappa shape index (κ2) is 8.74. The third-order valence-electron chi connectivity index (χ3n) is 5.38. The molecule has 3 aromatic rings. The third kappa shape index (κ3) is 4.54. The zero-order valence-electron chi connectivity index (χ0n) is 16.3. The number of carbonyl (C=O) groups excluding carboxylic acids is 2. The summed E-state index contributed by atoms with van der Waals surface area (Å²) in [7, 11) is 0. The highest BCUT2D eigenvalue weighted by Crippen LogP contribution is 2.22. The van der Waals surface area contributed by atoms with Gasteiger partial charge in [0.25, 0.3) is 5.91 Å². The lowest BCUT2D eigenvalue weighted by atomic mass is 10.0. The Kier molecular flexibility index (Phi) is 5.71. The van der Waals surface area contributed by atoms with E-state index in [1.54, 1.807) is 6.08 Å². The number of fused-ring (bicyclic) bond motifs is 1. The number of carbonyl (C=O) groups is 2. The molecule has 146 valence electrons. The van der Waals surface area contributed by atoms with Gasteiger partial charge in [0.1, 0.15) is 0 Å². The van der Waals surface area contributed by atoms with Crippen LogP contribution in [0.3, 0.4) is 0 Å². The van der Waals surface area contributed by atoms with Gasteiger partial charge in [-0.3, -0.25) is 9.59 Å². The fourth-order valence-electron chi connectivity index (χ4n) is 3.79. The number of piperidine rings is 1. The van der Waals surface area contributed by atoms with Crippen LogP contribution in [-0.4, -0.2) is 35.8 Å². The maximum atomic E-state index is 13.0. The number of amides is 2. The Bertz CT molecular complexity index is 1030. The molecule has 0 unspecified atom stereocenters. The summed E-state index contributed by atoms with van der Waals surface area (Å²) in [6.07, 6.45) is 4.92. The number of rotatable bonds is 4. The summed E-state index contributed by atoms with van der Waals surface area (Å²) in [5.74, 6) is -0.0248. The third-order valence-corrected chi connectivity index (χ3v) is 5.38. The average Bonchev–Trinajstić information content (AvgIpc) is 2.78. The highest BCUT2D eigenvalue weighted by Gasteiger charge is 2.25. The molecule has 3 aromatic carbocycles. The van der Waals surface area contributed by atoms with Crippen molar-refractivity contribution in [2.24, 2.45) is 0 Å². The predicted octanol–water partition coefficient (Wildman–Crippen LogP) is 4.27. The number of benzene rings is 3. The Labute approximate surface area is 170 Å². The first-order valence-corrected chi connectivity index (χ1v) is 10.0. The van der Waals surface area contributed by atoms with Crippen molar-refractivity contribution in [1.29, 1.82) is 0 Å². The van der Waals surface area contributed by atoms with E-state index in [1.807, 2.05) is 83.8 Å². The van der Waals surface area contributed by atoms with Gasteiger partial charge in [-0.1, -0.05) is 66.7 Å². The number of likely N-dealkylation sites (tertiary alicyclic amines) is 1. The Morgan fingerprint density at radius 2 is 1.55 bits per heavy atom. The van der Waals surface area contributed by atoms with Gasteiger partial charge in [0, 0.05) is 30.8 Å². The van der Waals surface area contributed by atoms with Crippen molar-refractivity contribution in [2.45, 2.75) is 18.9 Å². The minimum Gasteiger partial charge on any atom is -0.350 e. The van der Waals surface area contributed by atoms with Crippen molar-refractivity contribution in [2.75, 3.05) is 13.1 Å². The van der Waals surface area contributed by atoms with E-state index in [-0.39, 0.29) is 17.9 Å². The standard InChI is InChI=1S/C25H24N2O2/c28-24(14-13-19-7-2-1-3-8-19)26-21-15-17-27(18-16-21)25(29)23-12-6-10-20-9-4-5-11-22(20)23/h1-14,21H,15-18H2,(H,26,28)/b14-13+. The molecular formula is C25H24N2O2. The SMILES string of the molecule is O=C(/C=C/c1ccccc1)NC1CCN(C(=O)c2cccc3ccccc23)CC1. The van der Waals surface area contributed by atoms with E-state index in [0.29, 0.717) is 13.1 Å². The Morgan fingerprint density at radius 1 is 0.862 bits per heavy atom. The molecule has 2 amide bonds. The molecule has 0 spiro atoms. The highest BCUT2D eigenvalue weighted by atomic mass is 16.2. The highest BCUT2D eigenvalue weighted by molar-refractivity contribution is 6.07. The van der Waals surface area contributed by atoms with Gasteiger partial charge in [-0.2, -0.15) is 0 Å². The molecule has 0 radical (unpaired) electrons. The van der Waals surface area contributed by atoms with Crippen LogP contribution in [0, 0.1) is 0 Å². The molecule has 0 aliphatic carbocycles. The van der Waals surface area contributed by atoms with Crippen LogP contribution in [0.4, 0.5) is 0 Å². The number of nitrogens with one attached hydrogen (secondary N) is 1. The molecule has 1 fully saturated rings. The van der Waals surface area contributed by atoms with Gasteiger partial charge >= 0.3 is 0 Å². The number of hydrogen-bond donors (Lipinski definition) is 1. The molecule has 1 N–H and O–H groups in total. The molecule has 4 rings (SSSR count). The first-order chi connectivity index (χ1) is 14.2. The summed E-state index contributed by atoms with van der Waals surface area (Å²) in [4.78, 5) is 27.1. The molecule has 0 atom stereocenters. The molecule has 1 aliphatic rings. The van der Waals surface area contributed by atoms with Crippen LogP contribution >= 0.6 is 0 Å². The maximum absolute atomic E-state index is 13.0. The van der Waals surface area contributed by atoms with Gasteiger partial charge in [0.15, 0.2) is 0 Å². The molecule has 0 saturated carbocycles. The molecule has 0 aromatic heterocycles. The van der Waals surface area contributed by atoms with E-state index >= 15 is 0 Å². The molecular weight excluding hydrogens is 360 g/mol. The van der Waals surface area contributed by atoms with Crippen molar-refractivity contribution in [1.82, 2.24) is 10.2 Å². The van der Waals surface area contributed by atoms with Crippen LogP contribution in [0.1, 0.15) is 28.8 Å². The fraction of sp³-hybridized carbons (Fsp3) is 0.200. The summed E-state index contributed by atoms with van der Waals surface area (Å²) in [5.41, 5.74) is 1.74. The number of nitrogens with zero attached hydrogens (tertiary/aromatic N) is 1. The van der Waals surface area contributed by atoms with Gasteiger partial charge in [-0.05, 0) is 41.3 Å². The lowest BCUT2D eigenvalue weighted by molar-refractivity contribution is -0.117. The Balaban J connectivity index is 1.34. The molecule has 4 nitrogen and oxygen atoms in total. The largest absolute Gasteiger partial charge is 0.350 e. The second-order valence-electron chi connectivity index (χ2n) is 7.35. The average molecular weight is 384 g/mol. The Hall–Kier alpha value is -3.40. The summed E-state index contributed by atoms with van der Waals surface area (Å²) >= 11 is 0. The normalized spacial score (nSPS) is 15.0. The van der Waals surface area contributed by atoms with E-state index in [2.05, 4.69) is 5.32 Å². The summed E-state index contributed by atoms with van der Waals surface area (Å²) < 4.78 is 0. The summed E-state index contributed by atoms with van der Waals surface area (Å²) in [6, 6.07) is 23.7. The van der Waals surface area contributed by atoms with E-state index in [4.69, 9.17) is 0 Å². The molecule has 0 bridgehead atoms. The fourth-order valence-corrected chi connectivity index (χ4v) is 3.79. The van der Waals surface area contributed by atoms with Gasteiger partial charge < -0.3 is 10.2 Å². The predicted molar refractivity (Wildman–Crippen MR) is 116 cm³/mol. The monoisotopic (exact) mass is 384 g/mol. The van der Waals surface area contributed by atoms with Gasteiger partial charge in [0.2, 0.25) is 5.91 Å². The Morgan fingerprint density at radius 3 is 2.34 bits per heavy atom. The first-order valence-electron chi connectivity index (χ1n) is 10.0. The van der Waals surface area contributed by atoms with Crippen LogP contribution in [0.5, 0.6) is 0 Å². The van der Waals surface area contributed by atoms with Crippen molar-refractivity contribution < 1.29 is 9.59 Å². The smallest absolute Gasteiger partial charge is 0.254 e. The topological polar surface area (TPSA) is 49.4 Å². The first kappa shape index (κ1) is 18.9. The lowest BCUT2D eigenvalue weighted by Gasteiger charge is -2.32. The zero-order chi connectivity index (χ0) is 20.1. The molecule has 29 heavy (non-hydrogen) atoms. The molecule has 1 saturated heterocycles. The summed E-state index contributed by atoms with van der Waals surface area (Å²) in [6.45, 7) is 1.30. The van der Waals surface area contributed by atoms with Gasteiger partial charge in [-0.15, -0.1) is 0 Å². The van der Waals surface area contributed by atoms with E-state index in [1.165, 1.54) is 0 Å². The van der Waals surface area contributed by atoms with Crippen LogP contribution < -0.4 is 5.32 Å². The van der Waals surface area contributed by atoms with Crippen molar-refractivity contribution >= 4 is 28.7 Å². The van der Waals surface area contributed by atoms with E-state index in [9.17, 15) is 9.59 Å². The minimum absolute atomic E-state index is 0.0653. The quantitative estimate of drug-likeness (QED) is 0.683. The van der Waals surface area contributed by atoms with Crippen molar-refractivity contribution in [3.05, 3.63) is 90.0 Å². The summed E-state index contributed by atoms with van der Waals surface area (Å²) in [5, 5.41) is 5.12. The van der Waals surface area contributed by atoms with Crippen LogP contribution in [0.25, 0.3) is 16.8 Å². The number of hydrogen-bond acceptors (Lipinski definition) is 2. The van der Waals surface area contributed by atoms with Crippen LogP contribution in [0.2, 0.25) is 0 Å². The van der Waals surface area contributed by atoms with Crippen molar-refractivity contribution in [3.63, 3.8) is 0 Å². The minimum atomic E-state index is -0.0901. The molecule has 1 aliphatic heterocycles.